The summed E-state index contributed by atoms with van der Waals surface area (Å²) < 4.78 is 39.5. The number of amides is 1. The Morgan fingerprint density at radius 3 is 2.32 bits per heavy atom. The third-order valence-corrected chi connectivity index (χ3v) is 5.54. The molecule has 1 amide bonds. The van der Waals surface area contributed by atoms with Crippen LogP contribution in [0, 0.1) is 17.5 Å². The van der Waals surface area contributed by atoms with Crippen LogP contribution in [-0.4, -0.2) is 42.0 Å². The second-order valence-corrected chi connectivity index (χ2v) is 7.27. The van der Waals surface area contributed by atoms with Gasteiger partial charge in [-0.3, -0.25) is 4.79 Å². The highest BCUT2D eigenvalue weighted by atomic mass is 32.1. The van der Waals surface area contributed by atoms with Gasteiger partial charge in [-0.25, -0.2) is 18.2 Å². The Hall–Kier alpha value is -2.87. The normalized spacial score (nSPS) is 14.4. The molecule has 1 aliphatic heterocycles. The van der Waals surface area contributed by atoms with E-state index in [2.05, 4.69) is 9.88 Å². The number of rotatable bonds is 3. The number of carbonyl (C=O) groups is 1. The summed E-state index contributed by atoms with van der Waals surface area (Å²) in [4.78, 5) is 20.8. The summed E-state index contributed by atoms with van der Waals surface area (Å²) in [5, 5.41) is 2.75. The molecule has 0 N–H and O–H groups in total. The van der Waals surface area contributed by atoms with Crippen LogP contribution < -0.4 is 4.90 Å². The van der Waals surface area contributed by atoms with Crippen LogP contribution >= 0.6 is 11.3 Å². The summed E-state index contributed by atoms with van der Waals surface area (Å²) in [7, 11) is 0. The molecular formula is C20H16F3N3OS. The van der Waals surface area contributed by atoms with Crippen molar-refractivity contribution in [2.24, 2.45) is 0 Å². The van der Waals surface area contributed by atoms with Gasteiger partial charge in [0.2, 0.25) is 0 Å². The lowest BCUT2D eigenvalue weighted by atomic mass is 10.1. The van der Waals surface area contributed by atoms with Crippen LogP contribution in [0.15, 0.2) is 47.8 Å². The van der Waals surface area contributed by atoms with E-state index in [-0.39, 0.29) is 17.3 Å². The van der Waals surface area contributed by atoms with E-state index in [1.54, 1.807) is 17.0 Å². The Labute approximate surface area is 163 Å². The monoisotopic (exact) mass is 403 g/mol. The van der Waals surface area contributed by atoms with Crippen molar-refractivity contribution < 1.29 is 18.0 Å². The van der Waals surface area contributed by atoms with Crippen LogP contribution in [0.3, 0.4) is 0 Å². The van der Waals surface area contributed by atoms with Crippen molar-refractivity contribution >= 4 is 22.4 Å². The molecule has 0 bridgehead atoms. The van der Waals surface area contributed by atoms with E-state index in [1.165, 1.54) is 29.5 Å². The standard InChI is InChI=1S/C20H16F3N3OS/c21-15-4-1-13(2-5-15)18-12-28-20(24-18)26-9-7-25(8-10-26)19(27)14-3-6-16(22)17(23)11-14/h1-6,11-12H,7-10H2. The van der Waals surface area contributed by atoms with Crippen molar-refractivity contribution in [1.29, 1.82) is 0 Å². The molecule has 0 spiro atoms. The number of benzene rings is 2. The van der Waals surface area contributed by atoms with E-state index < -0.39 is 11.6 Å². The predicted octanol–water partition coefficient (Wildman–Crippen LogP) is 4.19. The van der Waals surface area contributed by atoms with Gasteiger partial charge in [-0.15, -0.1) is 11.3 Å². The summed E-state index contributed by atoms with van der Waals surface area (Å²) in [6, 6.07) is 9.36. The third kappa shape index (κ3) is 3.73. The second-order valence-electron chi connectivity index (χ2n) is 6.43. The van der Waals surface area contributed by atoms with Crippen molar-refractivity contribution in [3.05, 3.63) is 70.9 Å². The first-order valence-corrected chi connectivity index (χ1v) is 9.60. The largest absolute Gasteiger partial charge is 0.345 e. The number of piperazine rings is 1. The first-order chi connectivity index (χ1) is 13.5. The number of hydrogen-bond acceptors (Lipinski definition) is 4. The maximum atomic E-state index is 13.4. The van der Waals surface area contributed by atoms with Gasteiger partial charge in [0.25, 0.3) is 5.91 Å². The van der Waals surface area contributed by atoms with Gasteiger partial charge in [-0.1, -0.05) is 0 Å². The summed E-state index contributed by atoms with van der Waals surface area (Å²) in [5.41, 5.74) is 1.76. The minimum absolute atomic E-state index is 0.139. The fraction of sp³-hybridized carbons (Fsp3) is 0.200. The molecule has 0 atom stereocenters. The van der Waals surface area contributed by atoms with E-state index in [4.69, 9.17) is 0 Å². The first-order valence-electron chi connectivity index (χ1n) is 8.72. The SMILES string of the molecule is O=C(c1ccc(F)c(F)c1)N1CCN(c2nc(-c3ccc(F)cc3)cs2)CC1. The van der Waals surface area contributed by atoms with E-state index in [9.17, 15) is 18.0 Å². The second kappa shape index (κ2) is 7.63. The average molecular weight is 403 g/mol. The topological polar surface area (TPSA) is 36.4 Å². The molecule has 2 heterocycles. The van der Waals surface area contributed by atoms with Crippen LogP contribution in [0.1, 0.15) is 10.4 Å². The number of carbonyl (C=O) groups excluding carboxylic acids is 1. The van der Waals surface area contributed by atoms with Gasteiger partial charge in [-0.2, -0.15) is 0 Å². The lowest BCUT2D eigenvalue weighted by Gasteiger charge is -2.34. The van der Waals surface area contributed by atoms with Crippen LogP contribution in [0.5, 0.6) is 0 Å². The van der Waals surface area contributed by atoms with Crippen molar-refractivity contribution in [3.63, 3.8) is 0 Å². The fourth-order valence-electron chi connectivity index (χ4n) is 3.08. The van der Waals surface area contributed by atoms with Gasteiger partial charge in [0, 0.05) is 42.7 Å². The van der Waals surface area contributed by atoms with Gasteiger partial charge in [-0.05, 0) is 42.5 Å². The Morgan fingerprint density at radius 2 is 1.64 bits per heavy atom. The summed E-state index contributed by atoms with van der Waals surface area (Å²) in [5.74, 6) is -2.60. The van der Waals surface area contributed by atoms with Gasteiger partial charge < -0.3 is 9.80 Å². The maximum Gasteiger partial charge on any atom is 0.254 e. The maximum absolute atomic E-state index is 13.4. The highest BCUT2D eigenvalue weighted by Crippen LogP contribution is 2.28. The van der Waals surface area contributed by atoms with Gasteiger partial charge >= 0.3 is 0 Å². The number of halogens is 3. The highest BCUT2D eigenvalue weighted by molar-refractivity contribution is 7.14. The Balaban J connectivity index is 1.41. The molecule has 4 rings (SSSR count). The lowest BCUT2D eigenvalue weighted by Crippen LogP contribution is -2.48. The first kappa shape index (κ1) is 18.5. The molecule has 144 valence electrons. The average Bonchev–Trinajstić information content (AvgIpc) is 3.20. The molecule has 1 aliphatic rings. The van der Waals surface area contributed by atoms with Crippen LogP contribution in [0.4, 0.5) is 18.3 Å². The molecule has 3 aromatic rings. The summed E-state index contributed by atoms with van der Waals surface area (Å²) in [6.45, 7) is 2.10. The predicted molar refractivity (Wildman–Crippen MR) is 102 cm³/mol. The number of hydrogen-bond donors (Lipinski definition) is 0. The minimum atomic E-state index is -1.03. The zero-order valence-electron chi connectivity index (χ0n) is 14.7. The molecule has 0 radical (unpaired) electrons. The number of aromatic nitrogens is 1. The van der Waals surface area contributed by atoms with Crippen LogP contribution in [-0.2, 0) is 0 Å². The smallest absolute Gasteiger partial charge is 0.254 e. The third-order valence-electron chi connectivity index (χ3n) is 4.64. The number of anilines is 1. The van der Waals surface area contributed by atoms with Gasteiger partial charge in [0.05, 0.1) is 5.69 Å². The van der Waals surface area contributed by atoms with Crippen LogP contribution in [0.2, 0.25) is 0 Å². The summed E-state index contributed by atoms with van der Waals surface area (Å²) in [6.07, 6.45) is 0. The van der Waals surface area contributed by atoms with Crippen molar-refractivity contribution in [3.8, 4) is 11.3 Å². The molecule has 28 heavy (non-hydrogen) atoms. The fourth-order valence-corrected chi connectivity index (χ4v) is 3.96. The van der Waals surface area contributed by atoms with Crippen LogP contribution in [0.25, 0.3) is 11.3 Å². The molecule has 4 nitrogen and oxygen atoms in total. The van der Waals surface area contributed by atoms with E-state index in [1.807, 2.05) is 5.38 Å². The zero-order chi connectivity index (χ0) is 19.7. The Morgan fingerprint density at radius 1 is 0.929 bits per heavy atom. The number of nitrogens with zero attached hydrogens (tertiary/aromatic N) is 3. The highest BCUT2D eigenvalue weighted by Gasteiger charge is 2.24. The van der Waals surface area contributed by atoms with Crippen molar-refractivity contribution in [2.75, 3.05) is 31.1 Å². The van der Waals surface area contributed by atoms with E-state index in [0.717, 1.165) is 28.5 Å². The quantitative estimate of drug-likeness (QED) is 0.658. The lowest BCUT2D eigenvalue weighted by molar-refractivity contribution is 0.0746. The molecular weight excluding hydrogens is 387 g/mol. The van der Waals surface area contributed by atoms with Gasteiger partial charge in [0.15, 0.2) is 16.8 Å². The molecule has 1 saturated heterocycles. The molecule has 8 heteroatoms. The molecule has 0 unspecified atom stereocenters. The minimum Gasteiger partial charge on any atom is -0.345 e. The number of thiazole rings is 1. The zero-order valence-corrected chi connectivity index (χ0v) is 15.6. The molecule has 0 aliphatic carbocycles. The molecule has 2 aromatic carbocycles. The molecule has 1 fully saturated rings. The van der Waals surface area contributed by atoms with Gasteiger partial charge in [0.1, 0.15) is 5.82 Å². The van der Waals surface area contributed by atoms with Crippen molar-refractivity contribution in [1.82, 2.24) is 9.88 Å². The van der Waals surface area contributed by atoms with E-state index >= 15 is 0 Å². The Kier molecular flexibility index (Phi) is 5.04. The van der Waals surface area contributed by atoms with E-state index in [0.29, 0.717) is 26.2 Å². The molecule has 0 saturated carbocycles. The summed E-state index contributed by atoms with van der Waals surface area (Å²) >= 11 is 1.49. The Bertz CT molecular complexity index is 998. The van der Waals surface area contributed by atoms with Crippen molar-refractivity contribution in [2.45, 2.75) is 0 Å². The molecule has 1 aromatic heterocycles.